The van der Waals surface area contributed by atoms with Crippen molar-refractivity contribution in [2.24, 2.45) is 5.92 Å². The van der Waals surface area contributed by atoms with Crippen molar-refractivity contribution in [3.05, 3.63) is 0 Å². The third kappa shape index (κ3) is 42.0. The van der Waals surface area contributed by atoms with E-state index in [2.05, 4.69) is 27.7 Å². The van der Waals surface area contributed by atoms with Gasteiger partial charge in [-0.15, -0.1) is 0 Å². The highest BCUT2D eigenvalue weighted by molar-refractivity contribution is 5.71. The van der Waals surface area contributed by atoms with E-state index < -0.39 is 6.10 Å². The van der Waals surface area contributed by atoms with Crippen LogP contribution in [0.25, 0.3) is 0 Å². The normalized spacial score (nSPS) is 12.4. The van der Waals surface area contributed by atoms with Gasteiger partial charge in [0.2, 0.25) is 0 Å². The molecule has 0 amide bonds. The third-order valence-corrected chi connectivity index (χ3v) is 11.7. The summed E-state index contributed by atoms with van der Waals surface area (Å²) >= 11 is 0. The Bertz CT molecular complexity index is 843. The fraction of sp³-hybridized carbons (Fsp3) is 0.940. The van der Waals surface area contributed by atoms with Crippen LogP contribution >= 0.6 is 0 Å². The van der Waals surface area contributed by atoms with Gasteiger partial charge in [0.05, 0.1) is 0 Å². The number of carbonyl (C=O) groups is 3. The van der Waals surface area contributed by atoms with E-state index in [1.54, 1.807) is 0 Å². The summed E-state index contributed by atoms with van der Waals surface area (Å²) < 4.78 is 16.7. The van der Waals surface area contributed by atoms with E-state index in [0.29, 0.717) is 19.3 Å². The summed E-state index contributed by atoms with van der Waals surface area (Å²) in [6.07, 6.45) is 45.1. The van der Waals surface area contributed by atoms with E-state index >= 15 is 0 Å². The van der Waals surface area contributed by atoms with E-state index in [1.807, 2.05) is 0 Å². The topological polar surface area (TPSA) is 78.9 Å². The van der Waals surface area contributed by atoms with Gasteiger partial charge in [0.25, 0.3) is 0 Å². The third-order valence-electron chi connectivity index (χ3n) is 11.7. The predicted octanol–water partition coefficient (Wildman–Crippen LogP) is 15.9. The number of hydrogen-bond donors (Lipinski definition) is 0. The Labute approximate surface area is 348 Å². The van der Waals surface area contributed by atoms with Crippen molar-refractivity contribution in [3.8, 4) is 0 Å². The molecule has 0 aliphatic heterocycles. The van der Waals surface area contributed by atoms with Crippen LogP contribution in [0.3, 0.4) is 0 Å². The molecule has 0 N–H and O–H groups in total. The molecule has 2 atom stereocenters. The van der Waals surface area contributed by atoms with Gasteiger partial charge in [0, 0.05) is 19.3 Å². The van der Waals surface area contributed by atoms with Crippen LogP contribution in [-0.4, -0.2) is 37.2 Å². The predicted molar refractivity (Wildman–Crippen MR) is 238 cm³/mol. The number of carbonyl (C=O) groups excluding carboxylic acids is 3. The zero-order valence-electron chi connectivity index (χ0n) is 38.1. The minimum atomic E-state index is -0.759. The van der Waals surface area contributed by atoms with Gasteiger partial charge in [-0.1, -0.05) is 240 Å². The zero-order valence-corrected chi connectivity index (χ0v) is 38.1. The maximum Gasteiger partial charge on any atom is 0.306 e. The lowest BCUT2D eigenvalue weighted by atomic mass is 9.99. The molecular weight excluding hydrogens is 697 g/mol. The first-order chi connectivity index (χ1) is 27.4. The van der Waals surface area contributed by atoms with Gasteiger partial charge in [-0.25, -0.2) is 0 Å². The quantitative estimate of drug-likeness (QED) is 0.0347. The number of ether oxygens (including phenoxy) is 3. The highest BCUT2D eigenvalue weighted by atomic mass is 16.6. The Hall–Kier alpha value is -1.59. The van der Waals surface area contributed by atoms with E-state index in [0.717, 1.165) is 63.7 Å². The molecule has 6 nitrogen and oxygen atoms in total. The second-order valence-corrected chi connectivity index (χ2v) is 17.3. The van der Waals surface area contributed by atoms with Crippen molar-refractivity contribution in [1.82, 2.24) is 0 Å². The second kappa shape index (κ2) is 44.5. The molecule has 0 aromatic carbocycles. The summed E-state index contributed by atoms with van der Waals surface area (Å²) in [6.45, 7) is 9.03. The molecule has 6 heteroatoms. The number of esters is 3. The molecule has 0 rings (SSSR count). The highest BCUT2D eigenvalue weighted by Crippen LogP contribution is 2.17. The first-order valence-corrected chi connectivity index (χ1v) is 24.9. The van der Waals surface area contributed by atoms with Crippen LogP contribution in [0.1, 0.15) is 278 Å². The van der Waals surface area contributed by atoms with Crippen LogP contribution in [0, 0.1) is 5.92 Å². The molecule has 1 unspecified atom stereocenters. The Morgan fingerprint density at radius 1 is 0.357 bits per heavy atom. The van der Waals surface area contributed by atoms with Gasteiger partial charge < -0.3 is 14.2 Å². The summed E-state index contributed by atoms with van der Waals surface area (Å²) in [6, 6.07) is 0. The zero-order chi connectivity index (χ0) is 41.0. The molecule has 0 saturated heterocycles. The van der Waals surface area contributed by atoms with E-state index in [4.69, 9.17) is 14.2 Å². The molecule has 0 aliphatic carbocycles. The molecule has 0 saturated carbocycles. The van der Waals surface area contributed by atoms with Crippen LogP contribution in [0.4, 0.5) is 0 Å². The molecule has 0 fully saturated rings. The van der Waals surface area contributed by atoms with Crippen molar-refractivity contribution >= 4 is 17.9 Å². The monoisotopic (exact) mass is 793 g/mol. The van der Waals surface area contributed by atoms with Crippen molar-refractivity contribution in [3.63, 3.8) is 0 Å². The van der Waals surface area contributed by atoms with Crippen LogP contribution in [0.15, 0.2) is 0 Å². The molecule has 0 aromatic rings. The SMILES string of the molecule is CCCCCCCCCCCCCC(=O)OC[C@H](COC(=O)CCCCCCCCCCCCCCCCC(C)CC)OC(=O)CCCCCCCCCCC. The Kier molecular flexibility index (Phi) is 43.2. The molecule has 56 heavy (non-hydrogen) atoms. The van der Waals surface area contributed by atoms with Gasteiger partial charge >= 0.3 is 17.9 Å². The molecule has 332 valence electrons. The number of hydrogen-bond acceptors (Lipinski definition) is 6. The maximum absolute atomic E-state index is 12.7. The minimum Gasteiger partial charge on any atom is -0.462 e. The fourth-order valence-electron chi connectivity index (χ4n) is 7.48. The summed E-state index contributed by atoms with van der Waals surface area (Å²) in [5.41, 5.74) is 0. The Morgan fingerprint density at radius 2 is 0.625 bits per heavy atom. The van der Waals surface area contributed by atoms with Gasteiger partial charge in [-0.2, -0.15) is 0 Å². The summed E-state index contributed by atoms with van der Waals surface area (Å²) in [4.78, 5) is 37.8. The lowest BCUT2D eigenvalue weighted by Gasteiger charge is -2.18. The second-order valence-electron chi connectivity index (χ2n) is 17.3. The minimum absolute atomic E-state index is 0.0632. The average molecular weight is 793 g/mol. The van der Waals surface area contributed by atoms with Gasteiger partial charge in [-0.3, -0.25) is 14.4 Å². The molecule has 0 aliphatic rings. The van der Waals surface area contributed by atoms with Gasteiger partial charge in [-0.05, 0) is 25.2 Å². The maximum atomic E-state index is 12.7. The Balaban J connectivity index is 4.22. The molecule has 0 bridgehead atoms. The van der Waals surface area contributed by atoms with E-state index in [9.17, 15) is 14.4 Å². The fourth-order valence-corrected chi connectivity index (χ4v) is 7.48. The van der Waals surface area contributed by atoms with Crippen molar-refractivity contribution < 1.29 is 28.6 Å². The van der Waals surface area contributed by atoms with Crippen molar-refractivity contribution in [2.75, 3.05) is 13.2 Å². The van der Waals surface area contributed by atoms with Gasteiger partial charge in [0.1, 0.15) is 13.2 Å². The summed E-state index contributed by atoms with van der Waals surface area (Å²) in [5.74, 6) is 0.0449. The van der Waals surface area contributed by atoms with Crippen LogP contribution in [0.5, 0.6) is 0 Å². The highest BCUT2D eigenvalue weighted by Gasteiger charge is 2.19. The van der Waals surface area contributed by atoms with Crippen LogP contribution < -0.4 is 0 Å². The molecule has 0 spiro atoms. The summed E-state index contributed by atoms with van der Waals surface area (Å²) in [5, 5.41) is 0. The number of rotatable bonds is 45. The molecule has 0 heterocycles. The lowest BCUT2D eigenvalue weighted by molar-refractivity contribution is -0.167. The number of unbranched alkanes of at least 4 members (excludes halogenated alkanes) is 31. The molecule has 0 aromatic heterocycles. The average Bonchev–Trinajstić information content (AvgIpc) is 3.19. The Morgan fingerprint density at radius 3 is 0.929 bits per heavy atom. The van der Waals surface area contributed by atoms with Crippen LogP contribution in [-0.2, 0) is 28.6 Å². The first-order valence-electron chi connectivity index (χ1n) is 24.9. The van der Waals surface area contributed by atoms with Crippen molar-refractivity contribution in [2.45, 2.75) is 284 Å². The molecule has 0 radical (unpaired) electrons. The summed E-state index contributed by atoms with van der Waals surface area (Å²) in [7, 11) is 0. The smallest absolute Gasteiger partial charge is 0.306 e. The first kappa shape index (κ1) is 54.4. The van der Waals surface area contributed by atoms with Crippen LogP contribution in [0.2, 0.25) is 0 Å². The largest absolute Gasteiger partial charge is 0.462 e. The standard InChI is InChI=1S/C50H96O6/c1-5-8-10-12-14-16-21-26-29-33-37-41-48(51)54-44-47(56-50(53)43-39-35-31-24-15-13-11-9-6-2)45-55-49(52)42-38-34-30-27-23-20-18-17-19-22-25-28-32-36-40-46(4)7-3/h46-47H,5-45H2,1-4H3/t46?,47-/m1/s1. The lowest BCUT2D eigenvalue weighted by Crippen LogP contribution is -2.30. The van der Waals surface area contributed by atoms with E-state index in [-0.39, 0.29) is 31.1 Å². The van der Waals surface area contributed by atoms with Gasteiger partial charge in [0.15, 0.2) is 6.10 Å². The van der Waals surface area contributed by atoms with E-state index in [1.165, 1.54) is 173 Å². The molecular formula is C50H96O6. The van der Waals surface area contributed by atoms with Crippen molar-refractivity contribution in [1.29, 1.82) is 0 Å².